The van der Waals surface area contributed by atoms with Crippen molar-refractivity contribution in [3.05, 3.63) is 72.3 Å². The summed E-state index contributed by atoms with van der Waals surface area (Å²) in [4.78, 5) is 16.0. The van der Waals surface area contributed by atoms with E-state index in [0.717, 1.165) is 6.42 Å². The van der Waals surface area contributed by atoms with Gasteiger partial charge in [-0.3, -0.25) is 9.52 Å². The minimum Gasteiger partial charge on any atom is -0.497 e. The van der Waals surface area contributed by atoms with Gasteiger partial charge in [0, 0.05) is 38.3 Å². The summed E-state index contributed by atoms with van der Waals surface area (Å²) < 4.78 is 80.3. The summed E-state index contributed by atoms with van der Waals surface area (Å²) in [5.74, 6) is 0.427. The molecule has 0 aromatic heterocycles. The molecule has 51 heavy (non-hydrogen) atoms. The van der Waals surface area contributed by atoms with E-state index < -0.39 is 38.1 Å². The molecule has 3 aromatic carbocycles. The summed E-state index contributed by atoms with van der Waals surface area (Å²) in [7, 11) is -3.43. The van der Waals surface area contributed by atoms with Crippen LogP contribution < -0.4 is 18.9 Å². The van der Waals surface area contributed by atoms with Crippen molar-refractivity contribution in [2.24, 2.45) is 5.92 Å². The van der Waals surface area contributed by atoms with Gasteiger partial charge in [0.15, 0.2) is 0 Å². The van der Waals surface area contributed by atoms with E-state index in [2.05, 4.69) is 4.72 Å². The Bertz CT molecular complexity index is 1820. The molecule has 4 rings (SSSR count). The lowest BCUT2D eigenvalue weighted by Gasteiger charge is -2.35. The van der Waals surface area contributed by atoms with Crippen molar-refractivity contribution in [3.63, 3.8) is 0 Å². The number of fused-ring (bicyclic) bond motifs is 1. The summed E-state index contributed by atoms with van der Waals surface area (Å²) >= 11 is 0. The molecule has 0 saturated carbocycles. The normalized spacial score (nSPS) is 20.1. The van der Waals surface area contributed by atoms with Crippen molar-refractivity contribution < 1.29 is 45.7 Å². The number of anilines is 1. The highest BCUT2D eigenvalue weighted by atomic mass is 32.2. The molecular weight excluding hydrogens is 699 g/mol. The monoisotopic (exact) mass is 747 g/mol. The van der Waals surface area contributed by atoms with E-state index in [4.69, 9.17) is 18.9 Å². The molecule has 0 aliphatic carbocycles. The molecule has 2 N–H and O–H groups in total. The number of benzene rings is 3. The molecule has 0 fully saturated rings. The van der Waals surface area contributed by atoms with Crippen molar-refractivity contribution in [1.29, 1.82) is 0 Å². The highest BCUT2D eigenvalue weighted by Gasteiger charge is 2.32. The summed E-state index contributed by atoms with van der Waals surface area (Å²) in [5, 5.41) is 10.3. The Morgan fingerprint density at radius 1 is 0.941 bits per heavy atom. The maximum absolute atomic E-state index is 14.4. The van der Waals surface area contributed by atoms with Crippen LogP contribution >= 0.6 is 0 Å². The molecule has 0 saturated heterocycles. The first-order chi connectivity index (χ1) is 24.2. The van der Waals surface area contributed by atoms with Crippen LogP contribution in [0.5, 0.6) is 17.2 Å². The van der Waals surface area contributed by atoms with Gasteiger partial charge in [0.05, 0.1) is 54.4 Å². The van der Waals surface area contributed by atoms with Crippen molar-refractivity contribution in [2.45, 2.75) is 68.1 Å². The maximum atomic E-state index is 14.4. The topological polar surface area (TPSA) is 161 Å². The number of rotatable bonds is 11. The Labute approximate surface area is 301 Å². The van der Waals surface area contributed by atoms with E-state index in [1.54, 1.807) is 25.1 Å². The molecule has 3 aromatic rings. The Kier molecular flexibility index (Phi) is 13.7. The number of amides is 1. The number of nitrogens with zero attached hydrogens (tertiary/aromatic N) is 2. The molecule has 280 valence electrons. The summed E-state index contributed by atoms with van der Waals surface area (Å²) in [5.41, 5.74) is 0.254. The highest BCUT2D eigenvalue weighted by molar-refractivity contribution is 7.92. The van der Waals surface area contributed by atoms with Crippen LogP contribution in [0, 0.1) is 5.92 Å². The molecule has 1 aliphatic rings. The van der Waals surface area contributed by atoms with Gasteiger partial charge in [-0.05, 0) is 99.8 Å². The Morgan fingerprint density at radius 2 is 1.55 bits per heavy atom. The van der Waals surface area contributed by atoms with Crippen molar-refractivity contribution >= 4 is 31.6 Å². The fourth-order valence-electron chi connectivity index (χ4n) is 5.70. The number of sulfonamides is 2. The van der Waals surface area contributed by atoms with Gasteiger partial charge in [0.2, 0.25) is 10.0 Å². The van der Waals surface area contributed by atoms with Crippen LogP contribution in [-0.2, 0) is 24.8 Å². The Hall–Kier alpha value is -3.89. The predicted molar refractivity (Wildman–Crippen MR) is 193 cm³/mol. The third-order valence-electron chi connectivity index (χ3n) is 8.88. The fourth-order valence-corrected chi connectivity index (χ4v) is 7.93. The smallest absolute Gasteiger partial charge is 0.261 e. The second-order valence-corrected chi connectivity index (χ2v) is 16.5. The number of hydrogen-bond donors (Lipinski definition) is 2. The lowest BCUT2D eigenvalue weighted by Crippen LogP contribution is -2.48. The molecule has 15 heteroatoms. The summed E-state index contributed by atoms with van der Waals surface area (Å²) in [6.07, 6.45) is 1.19. The molecule has 13 nitrogen and oxygen atoms in total. The minimum atomic E-state index is -4.03. The quantitative estimate of drug-likeness (QED) is 0.283. The minimum absolute atomic E-state index is 0.00829. The van der Waals surface area contributed by atoms with E-state index in [9.17, 15) is 26.7 Å². The summed E-state index contributed by atoms with van der Waals surface area (Å²) in [6.45, 7) is 5.58. The van der Waals surface area contributed by atoms with Crippen LogP contribution in [0.3, 0.4) is 0 Å². The van der Waals surface area contributed by atoms with E-state index in [1.807, 2.05) is 13.8 Å². The highest BCUT2D eigenvalue weighted by Crippen LogP contribution is 2.30. The number of aliphatic hydroxyl groups is 1. The zero-order valence-electron chi connectivity index (χ0n) is 29.9. The average Bonchev–Trinajstić information content (AvgIpc) is 3.12. The van der Waals surface area contributed by atoms with Crippen LogP contribution in [0.1, 0.15) is 50.4 Å². The maximum Gasteiger partial charge on any atom is 0.261 e. The number of likely N-dealkylation sites (N-methyl/N-ethyl adjacent to an activating group) is 1. The first-order valence-corrected chi connectivity index (χ1v) is 19.7. The summed E-state index contributed by atoms with van der Waals surface area (Å²) in [6, 6.07) is 15.9. The van der Waals surface area contributed by atoms with Gasteiger partial charge in [-0.25, -0.2) is 16.8 Å². The zero-order valence-corrected chi connectivity index (χ0v) is 31.6. The van der Waals surface area contributed by atoms with Crippen molar-refractivity contribution in [1.82, 2.24) is 9.21 Å². The third kappa shape index (κ3) is 10.1. The van der Waals surface area contributed by atoms with Gasteiger partial charge in [0.1, 0.15) is 17.2 Å². The number of carbonyl (C=O) groups excluding carboxylic acids is 1. The molecule has 0 spiro atoms. The van der Waals surface area contributed by atoms with Crippen molar-refractivity contribution in [3.8, 4) is 17.2 Å². The van der Waals surface area contributed by atoms with Crippen LogP contribution in [0.25, 0.3) is 0 Å². The molecule has 0 bridgehead atoms. The molecule has 1 aliphatic heterocycles. The number of hydrogen-bond acceptors (Lipinski definition) is 10. The molecule has 0 radical (unpaired) electrons. The molecule has 1 amide bonds. The third-order valence-corrected chi connectivity index (χ3v) is 12.1. The van der Waals surface area contributed by atoms with Gasteiger partial charge in [-0.2, -0.15) is 4.31 Å². The van der Waals surface area contributed by atoms with Gasteiger partial charge in [0.25, 0.3) is 15.9 Å². The second kappa shape index (κ2) is 17.6. The molecule has 0 unspecified atom stereocenters. The van der Waals surface area contributed by atoms with Gasteiger partial charge in [-0.1, -0.05) is 6.92 Å². The van der Waals surface area contributed by atoms with Gasteiger partial charge >= 0.3 is 0 Å². The van der Waals surface area contributed by atoms with E-state index in [0.29, 0.717) is 30.9 Å². The van der Waals surface area contributed by atoms with Crippen LogP contribution in [0.2, 0.25) is 0 Å². The fraction of sp³-hybridized carbons (Fsp3) is 0.472. The lowest BCUT2D eigenvalue weighted by molar-refractivity contribution is -0.00833. The molecule has 1 heterocycles. The average molecular weight is 748 g/mol. The first-order valence-electron chi connectivity index (χ1n) is 16.8. The number of carbonyl (C=O) groups is 1. The molecular formula is C36H49N3O10S2. The number of nitrogens with one attached hydrogen (secondary N) is 1. The number of aliphatic hydroxyl groups excluding tert-OH is 1. The van der Waals surface area contributed by atoms with Gasteiger partial charge < -0.3 is 29.0 Å². The Morgan fingerprint density at radius 3 is 2.14 bits per heavy atom. The SMILES string of the molecule is COc1ccc(S(=O)(=O)Nc2ccc3c(c2)C(=O)N([C@H](C)CO)C[C@H](C)[C@H](CN(C)S(=O)(=O)c2ccc(OC)cc2)OCCCC[C@H](C)O3)cc1. The van der Waals surface area contributed by atoms with E-state index in [1.165, 1.54) is 79.0 Å². The second-order valence-electron chi connectivity index (χ2n) is 12.8. The Balaban J connectivity index is 1.66. The van der Waals surface area contributed by atoms with E-state index in [-0.39, 0.29) is 58.5 Å². The van der Waals surface area contributed by atoms with Crippen LogP contribution in [0.4, 0.5) is 5.69 Å². The lowest BCUT2D eigenvalue weighted by atomic mass is 10.0. The zero-order chi connectivity index (χ0) is 37.3. The standard InChI is InChI=1S/C36H49N3O10S2/c1-25-22-39(26(2)24-40)36(41)33-21-28(37-50(42,43)31-15-11-29(46-5)12-16-31)10-19-34(33)49-27(3)9-7-8-20-48-35(25)23-38(4)51(44,45)32-17-13-30(47-6)14-18-32/h10-19,21,25-27,35,37,40H,7-9,20,22-24H2,1-6H3/t25-,26+,27-,35-/m0/s1. The van der Waals surface area contributed by atoms with E-state index >= 15 is 0 Å². The first kappa shape index (κ1) is 39.9. The van der Waals surface area contributed by atoms with Crippen LogP contribution in [0.15, 0.2) is 76.5 Å². The van der Waals surface area contributed by atoms with Crippen LogP contribution in [-0.4, -0.2) is 103 Å². The largest absolute Gasteiger partial charge is 0.497 e. The number of methoxy groups -OCH3 is 2. The van der Waals surface area contributed by atoms with Gasteiger partial charge in [-0.15, -0.1) is 0 Å². The molecule has 4 atom stereocenters. The number of ether oxygens (including phenoxy) is 4. The van der Waals surface area contributed by atoms with Crippen molar-refractivity contribution in [2.75, 3.05) is 52.3 Å². The predicted octanol–water partition coefficient (Wildman–Crippen LogP) is 4.62.